The number of aromatic nitrogens is 2. The first-order valence-corrected chi connectivity index (χ1v) is 8.74. The summed E-state index contributed by atoms with van der Waals surface area (Å²) in [5.41, 5.74) is 2.63. The Kier molecular flexibility index (Phi) is 3.92. The lowest BCUT2D eigenvalue weighted by Gasteiger charge is -2.27. The van der Waals surface area contributed by atoms with Crippen molar-refractivity contribution in [2.24, 2.45) is 0 Å². The topological polar surface area (TPSA) is 49.3 Å². The molecule has 2 aliphatic heterocycles. The molecule has 0 saturated carbocycles. The highest BCUT2D eigenvalue weighted by Gasteiger charge is 2.32. The van der Waals surface area contributed by atoms with E-state index in [1.807, 2.05) is 35.2 Å². The summed E-state index contributed by atoms with van der Waals surface area (Å²) in [5, 5.41) is 8.53. The number of rotatable bonds is 2. The zero-order valence-corrected chi connectivity index (χ0v) is 14.0. The van der Waals surface area contributed by atoms with E-state index in [4.69, 9.17) is 0 Å². The first-order valence-electron chi connectivity index (χ1n) is 8.74. The number of amides is 1. The lowest BCUT2D eigenvalue weighted by Crippen LogP contribution is -2.36. The van der Waals surface area contributed by atoms with Crippen LogP contribution in [0.4, 0.5) is 11.5 Å². The summed E-state index contributed by atoms with van der Waals surface area (Å²) < 4.78 is 0. The van der Waals surface area contributed by atoms with E-state index in [2.05, 4.69) is 28.1 Å². The average molecular weight is 322 g/mol. The summed E-state index contributed by atoms with van der Waals surface area (Å²) in [4.78, 5) is 17.0. The van der Waals surface area contributed by atoms with Crippen molar-refractivity contribution in [2.45, 2.75) is 38.6 Å². The summed E-state index contributed by atoms with van der Waals surface area (Å²) in [6, 6.07) is 12.0. The quantitative estimate of drug-likeness (QED) is 0.852. The molecular weight excluding hydrogens is 300 g/mol. The molecule has 5 heteroatoms. The zero-order valence-electron chi connectivity index (χ0n) is 14.0. The van der Waals surface area contributed by atoms with Crippen molar-refractivity contribution >= 4 is 17.4 Å². The number of carbonyl (C=O) groups excluding carboxylic acids is 1. The molecule has 1 amide bonds. The summed E-state index contributed by atoms with van der Waals surface area (Å²) >= 11 is 0. The van der Waals surface area contributed by atoms with Gasteiger partial charge in [0.05, 0.1) is 0 Å². The molecule has 2 aromatic rings. The predicted molar refractivity (Wildman–Crippen MR) is 94.5 cm³/mol. The Morgan fingerprint density at radius 3 is 2.58 bits per heavy atom. The Balaban J connectivity index is 1.56. The molecule has 2 aliphatic rings. The van der Waals surface area contributed by atoms with E-state index in [0.717, 1.165) is 31.0 Å². The van der Waals surface area contributed by atoms with E-state index in [0.29, 0.717) is 5.69 Å². The Morgan fingerprint density at radius 1 is 1.04 bits per heavy atom. The van der Waals surface area contributed by atoms with Crippen LogP contribution in [0.5, 0.6) is 0 Å². The van der Waals surface area contributed by atoms with Crippen molar-refractivity contribution in [2.75, 3.05) is 22.9 Å². The van der Waals surface area contributed by atoms with Gasteiger partial charge in [0.25, 0.3) is 5.91 Å². The van der Waals surface area contributed by atoms with Crippen molar-refractivity contribution in [3.8, 4) is 0 Å². The summed E-state index contributed by atoms with van der Waals surface area (Å²) in [6.45, 7) is 4.13. The van der Waals surface area contributed by atoms with Gasteiger partial charge in [-0.2, -0.15) is 0 Å². The molecule has 1 unspecified atom stereocenters. The number of piperidine rings is 1. The number of hydrogen-bond donors (Lipinski definition) is 0. The third-order valence-corrected chi connectivity index (χ3v) is 4.98. The minimum atomic E-state index is -0.0647. The van der Waals surface area contributed by atoms with Crippen molar-refractivity contribution in [3.05, 3.63) is 47.7 Å². The highest BCUT2D eigenvalue weighted by atomic mass is 16.2. The number of anilines is 2. The van der Waals surface area contributed by atoms with Crippen molar-refractivity contribution in [1.29, 1.82) is 0 Å². The first kappa shape index (κ1) is 15.1. The Morgan fingerprint density at radius 2 is 1.83 bits per heavy atom. The lowest BCUT2D eigenvalue weighted by atomic mass is 10.1. The molecule has 1 fully saturated rings. The van der Waals surface area contributed by atoms with Gasteiger partial charge in [-0.15, -0.1) is 10.2 Å². The van der Waals surface area contributed by atoms with Crippen LogP contribution in [0.15, 0.2) is 36.4 Å². The van der Waals surface area contributed by atoms with Crippen LogP contribution in [0.2, 0.25) is 0 Å². The van der Waals surface area contributed by atoms with Crippen molar-refractivity contribution < 1.29 is 4.79 Å². The second kappa shape index (κ2) is 6.23. The van der Waals surface area contributed by atoms with E-state index < -0.39 is 0 Å². The SMILES string of the molecule is CC1Cc2ccccc2N1C(=O)c1ccc(N2CCCCC2)nn1. The molecule has 24 heavy (non-hydrogen) atoms. The van der Waals surface area contributed by atoms with Crippen LogP contribution in [0.3, 0.4) is 0 Å². The van der Waals surface area contributed by atoms with Gasteiger partial charge < -0.3 is 9.80 Å². The van der Waals surface area contributed by atoms with Crippen LogP contribution < -0.4 is 9.80 Å². The van der Waals surface area contributed by atoms with Gasteiger partial charge in [0, 0.05) is 24.8 Å². The number of hydrogen-bond acceptors (Lipinski definition) is 4. The molecule has 0 aliphatic carbocycles. The number of fused-ring (bicyclic) bond motifs is 1. The Labute approximate surface area is 142 Å². The van der Waals surface area contributed by atoms with Gasteiger partial charge in [-0.05, 0) is 56.4 Å². The highest BCUT2D eigenvalue weighted by Crippen LogP contribution is 2.32. The molecule has 1 atom stereocenters. The summed E-state index contributed by atoms with van der Waals surface area (Å²) in [6.07, 6.45) is 4.57. The Hall–Kier alpha value is -2.43. The highest BCUT2D eigenvalue weighted by molar-refractivity contribution is 6.06. The molecule has 124 valence electrons. The van der Waals surface area contributed by atoms with Crippen LogP contribution in [-0.2, 0) is 6.42 Å². The fourth-order valence-corrected chi connectivity index (χ4v) is 3.73. The van der Waals surface area contributed by atoms with E-state index in [1.165, 1.54) is 24.8 Å². The van der Waals surface area contributed by atoms with E-state index >= 15 is 0 Å². The van der Waals surface area contributed by atoms with Gasteiger partial charge in [0.15, 0.2) is 11.5 Å². The second-order valence-electron chi connectivity index (χ2n) is 6.68. The van der Waals surface area contributed by atoms with E-state index in [-0.39, 0.29) is 11.9 Å². The smallest absolute Gasteiger partial charge is 0.279 e. The molecule has 5 nitrogen and oxygen atoms in total. The second-order valence-corrected chi connectivity index (χ2v) is 6.68. The minimum absolute atomic E-state index is 0.0647. The summed E-state index contributed by atoms with van der Waals surface area (Å²) in [7, 11) is 0. The number of benzene rings is 1. The maximum absolute atomic E-state index is 12.9. The van der Waals surface area contributed by atoms with Crippen LogP contribution in [0, 0.1) is 0 Å². The fraction of sp³-hybridized carbons (Fsp3) is 0.421. The number of carbonyl (C=O) groups is 1. The molecule has 0 N–H and O–H groups in total. The van der Waals surface area contributed by atoms with Gasteiger partial charge >= 0.3 is 0 Å². The maximum atomic E-state index is 12.9. The minimum Gasteiger partial charge on any atom is -0.355 e. The zero-order chi connectivity index (χ0) is 16.5. The standard InChI is InChI=1S/C19H22N4O/c1-14-13-15-7-3-4-8-17(15)23(14)19(24)16-9-10-18(21-20-16)22-11-5-2-6-12-22/h3-4,7-10,14H,2,5-6,11-13H2,1H3. The van der Waals surface area contributed by atoms with Gasteiger partial charge in [-0.3, -0.25) is 4.79 Å². The van der Waals surface area contributed by atoms with Gasteiger partial charge in [0.1, 0.15) is 0 Å². The van der Waals surface area contributed by atoms with Crippen LogP contribution in [0.25, 0.3) is 0 Å². The molecule has 3 heterocycles. The lowest BCUT2D eigenvalue weighted by molar-refractivity contribution is 0.0975. The number of nitrogens with zero attached hydrogens (tertiary/aromatic N) is 4. The molecule has 1 aromatic heterocycles. The molecule has 1 saturated heterocycles. The van der Waals surface area contributed by atoms with Gasteiger partial charge in [-0.25, -0.2) is 0 Å². The molecule has 4 rings (SSSR count). The van der Waals surface area contributed by atoms with Gasteiger partial charge in [0.2, 0.25) is 0 Å². The van der Waals surface area contributed by atoms with Crippen LogP contribution >= 0.6 is 0 Å². The predicted octanol–water partition coefficient (Wildman–Crippen LogP) is 3.06. The summed E-state index contributed by atoms with van der Waals surface area (Å²) in [5.74, 6) is 0.811. The molecule has 1 aromatic carbocycles. The molecule has 0 spiro atoms. The monoisotopic (exact) mass is 322 g/mol. The largest absolute Gasteiger partial charge is 0.355 e. The number of para-hydroxylation sites is 1. The van der Waals surface area contributed by atoms with E-state index in [1.54, 1.807) is 0 Å². The van der Waals surface area contributed by atoms with Crippen LogP contribution in [0.1, 0.15) is 42.2 Å². The third kappa shape index (κ3) is 2.64. The Bertz CT molecular complexity index is 737. The van der Waals surface area contributed by atoms with Crippen molar-refractivity contribution in [3.63, 3.8) is 0 Å². The van der Waals surface area contributed by atoms with Crippen molar-refractivity contribution in [1.82, 2.24) is 10.2 Å². The van der Waals surface area contributed by atoms with E-state index in [9.17, 15) is 4.79 Å². The first-order chi connectivity index (χ1) is 11.7. The average Bonchev–Trinajstić information content (AvgIpc) is 2.98. The fourth-order valence-electron chi connectivity index (χ4n) is 3.73. The van der Waals surface area contributed by atoms with Crippen LogP contribution in [-0.4, -0.2) is 35.2 Å². The molecule has 0 radical (unpaired) electrons. The molecule has 0 bridgehead atoms. The normalized spacial score (nSPS) is 20.1. The third-order valence-electron chi connectivity index (χ3n) is 4.98. The maximum Gasteiger partial charge on any atom is 0.279 e. The molecular formula is C19H22N4O. The van der Waals surface area contributed by atoms with Gasteiger partial charge in [-0.1, -0.05) is 18.2 Å².